The molecule has 6 heteroatoms. The molecule has 0 saturated carbocycles. The summed E-state index contributed by atoms with van der Waals surface area (Å²) in [5.74, 6) is 1.19. The number of nitrogens with one attached hydrogen (secondary N) is 2. The van der Waals surface area contributed by atoms with Crippen LogP contribution in [0.4, 0.5) is 5.82 Å². The highest BCUT2D eigenvalue weighted by Crippen LogP contribution is 2.13. The average Bonchev–Trinajstić information content (AvgIpc) is 2.70. The summed E-state index contributed by atoms with van der Waals surface area (Å²) in [6.45, 7) is 3.97. The van der Waals surface area contributed by atoms with E-state index >= 15 is 0 Å². The fourth-order valence-electron chi connectivity index (χ4n) is 1.95. The molecule has 2 rings (SSSR count). The van der Waals surface area contributed by atoms with E-state index in [-0.39, 0.29) is 30.7 Å². The van der Waals surface area contributed by atoms with Gasteiger partial charge in [-0.1, -0.05) is 0 Å². The first-order chi connectivity index (χ1) is 7.74. The van der Waals surface area contributed by atoms with Crippen molar-refractivity contribution in [2.45, 2.75) is 19.8 Å². The summed E-state index contributed by atoms with van der Waals surface area (Å²) in [6, 6.07) is 3.79. The van der Waals surface area contributed by atoms with Crippen LogP contribution < -0.4 is 10.6 Å². The summed E-state index contributed by atoms with van der Waals surface area (Å²) in [5.41, 5.74) is 1.10. The van der Waals surface area contributed by atoms with Gasteiger partial charge in [-0.25, -0.2) is 4.98 Å². The van der Waals surface area contributed by atoms with Gasteiger partial charge in [-0.3, -0.25) is 4.79 Å². The quantitative estimate of drug-likeness (QED) is 0.897. The van der Waals surface area contributed by atoms with E-state index in [1.54, 1.807) is 6.20 Å². The first-order valence-corrected chi connectivity index (χ1v) is 5.67. The monoisotopic (exact) mass is 291 g/mol. The fourth-order valence-corrected chi connectivity index (χ4v) is 1.95. The third-order valence-electron chi connectivity index (χ3n) is 2.82. The molecule has 0 aliphatic carbocycles. The fraction of sp³-hybridized carbons (Fsp3) is 0.500. The van der Waals surface area contributed by atoms with Crippen molar-refractivity contribution in [3.05, 3.63) is 23.9 Å². The summed E-state index contributed by atoms with van der Waals surface area (Å²) >= 11 is 0. The average molecular weight is 292 g/mol. The van der Waals surface area contributed by atoms with Crippen LogP contribution in [-0.4, -0.2) is 24.0 Å². The topological polar surface area (TPSA) is 54.0 Å². The number of carbonyl (C=O) groups is 1. The van der Waals surface area contributed by atoms with Crippen LogP contribution in [0.1, 0.15) is 18.4 Å². The molecule has 1 aromatic heterocycles. The lowest BCUT2D eigenvalue weighted by Gasteiger charge is -2.08. The van der Waals surface area contributed by atoms with Crippen LogP contribution in [0.5, 0.6) is 0 Å². The Morgan fingerprint density at radius 3 is 2.94 bits per heavy atom. The van der Waals surface area contributed by atoms with Gasteiger partial charge in [0, 0.05) is 12.6 Å². The van der Waals surface area contributed by atoms with Crippen LogP contribution in [-0.2, 0) is 4.79 Å². The molecule has 2 heterocycles. The molecule has 2 N–H and O–H groups in total. The van der Waals surface area contributed by atoms with Gasteiger partial charge in [0.25, 0.3) is 0 Å². The first kappa shape index (κ1) is 17.2. The summed E-state index contributed by atoms with van der Waals surface area (Å²) in [4.78, 5) is 15.8. The van der Waals surface area contributed by atoms with Gasteiger partial charge in [-0.05, 0) is 50.0 Å². The van der Waals surface area contributed by atoms with Crippen LogP contribution >= 0.6 is 24.8 Å². The second kappa shape index (κ2) is 8.29. The second-order valence-electron chi connectivity index (χ2n) is 4.33. The standard InChI is InChI=1S/C12H17N3O.2ClH/c1-9-2-5-14-11(6-9)15-12(16)7-10-3-4-13-8-10;;/h2,5-6,10,13H,3-4,7-8H2,1H3,(H,14,15,16);2*1H. The van der Waals surface area contributed by atoms with Crippen molar-refractivity contribution in [1.29, 1.82) is 0 Å². The van der Waals surface area contributed by atoms with E-state index in [1.807, 2.05) is 19.1 Å². The summed E-state index contributed by atoms with van der Waals surface area (Å²) < 4.78 is 0. The molecule has 1 amide bonds. The van der Waals surface area contributed by atoms with Gasteiger partial charge in [0.1, 0.15) is 5.82 Å². The van der Waals surface area contributed by atoms with Crippen LogP contribution in [0.3, 0.4) is 0 Å². The smallest absolute Gasteiger partial charge is 0.225 e. The number of pyridine rings is 1. The molecular weight excluding hydrogens is 273 g/mol. The Labute approximate surface area is 120 Å². The SMILES string of the molecule is Cc1ccnc(NC(=O)CC2CCNC2)c1.Cl.Cl. The Morgan fingerprint density at radius 2 is 2.33 bits per heavy atom. The summed E-state index contributed by atoms with van der Waals surface area (Å²) in [7, 11) is 0. The number of hydrogen-bond acceptors (Lipinski definition) is 3. The third kappa shape index (κ3) is 5.21. The zero-order valence-corrected chi connectivity index (χ0v) is 11.9. The van der Waals surface area contributed by atoms with E-state index in [0.717, 1.165) is 25.1 Å². The van der Waals surface area contributed by atoms with Crippen molar-refractivity contribution in [2.75, 3.05) is 18.4 Å². The Hall–Kier alpha value is -0.840. The van der Waals surface area contributed by atoms with E-state index < -0.39 is 0 Å². The van der Waals surface area contributed by atoms with Crippen LogP contribution in [0.15, 0.2) is 18.3 Å². The molecular formula is C12H19Cl2N3O. The molecule has 0 bridgehead atoms. The molecule has 4 nitrogen and oxygen atoms in total. The molecule has 1 aromatic rings. The molecule has 1 saturated heterocycles. The van der Waals surface area contributed by atoms with E-state index in [4.69, 9.17) is 0 Å². The van der Waals surface area contributed by atoms with Crippen molar-refractivity contribution in [1.82, 2.24) is 10.3 Å². The molecule has 0 spiro atoms. The molecule has 1 atom stereocenters. The summed E-state index contributed by atoms with van der Waals surface area (Å²) in [6.07, 6.45) is 3.39. The lowest BCUT2D eigenvalue weighted by atomic mass is 10.0. The number of amides is 1. The highest BCUT2D eigenvalue weighted by atomic mass is 35.5. The van der Waals surface area contributed by atoms with Gasteiger partial charge in [0.15, 0.2) is 0 Å². The van der Waals surface area contributed by atoms with E-state index in [1.165, 1.54) is 0 Å². The van der Waals surface area contributed by atoms with Crippen LogP contribution in [0.2, 0.25) is 0 Å². The lowest BCUT2D eigenvalue weighted by Crippen LogP contribution is -2.18. The molecule has 1 fully saturated rings. The van der Waals surface area contributed by atoms with E-state index in [2.05, 4.69) is 15.6 Å². The van der Waals surface area contributed by atoms with Crippen LogP contribution in [0, 0.1) is 12.8 Å². The van der Waals surface area contributed by atoms with Crippen molar-refractivity contribution in [3.63, 3.8) is 0 Å². The largest absolute Gasteiger partial charge is 0.316 e. The van der Waals surface area contributed by atoms with Crippen molar-refractivity contribution < 1.29 is 4.79 Å². The number of aryl methyl sites for hydroxylation is 1. The maximum absolute atomic E-state index is 11.7. The number of hydrogen-bond donors (Lipinski definition) is 2. The Bertz CT molecular complexity index is 381. The predicted molar refractivity (Wildman–Crippen MR) is 77.7 cm³/mol. The second-order valence-corrected chi connectivity index (χ2v) is 4.33. The van der Waals surface area contributed by atoms with Gasteiger partial charge in [0.2, 0.25) is 5.91 Å². The Kier molecular flexibility index (Phi) is 7.91. The van der Waals surface area contributed by atoms with Gasteiger partial charge in [0.05, 0.1) is 0 Å². The normalized spacial score (nSPS) is 17.5. The Balaban J connectivity index is 0.00000144. The minimum Gasteiger partial charge on any atom is -0.316 e. The van der Waals surface area contributed by atoms with E-state index in [9.17, 15) is 4.79 Å². The predicted octanol–water partition coefficient (Wildman–Crippen LogP) is 2.17. The first-order valence-electron chi connectivity index (χ1n) is 5.67. The molecule has 1 aliphatic heterocycles. The number of nitrogens with zero attached hydrogens (tertiary/aromatic N) is 1. The number of halogens is 2. The molecule has 1 unspecified atom stereocenters. The number of aromatic nitrogens is 1. The van der Waals surface area contributed by atoms with E-state index in [0.29, 0.717) is 18.2 Å². The van der Waals surface area contributed by atoms with Crippen molar-refractivity contribution in [3.8, 4) is 0 Å². The number of carbonyl (C=O) groups excluding carboxylic acids is 1. The zero-order chi connectivity index (χ0) is 11.4. The Morgan fingerprint density at radius 1 is 1.56 bits per heavy atom. The molecule has 0 radical (unpaired) electrons. The molecule has 18 heavy (non-hydrogen) atoms. The molecule has 0 aromatic carbocycles. The molecule has 102 valence electrons. The number of rotatable bonds is 3. The molecule has 1 aliphatic rings. The zero-order valence-electron chi connectivity index (χ0n) is 10.3. The highest BCUT2D eigenvalue weighted by molar-refractivity contribution is 5.89. The maximum atomic E-state index is 11.7. The van der Waals surface area contributed by atoms with Crippen LogP contribution in [0.25, 0.3) is 0 Å². The number of anilines is 1. The minimum absolute atomic E-state index is 0. The van der Waals surface area contributed by atoms with Gasteiger partial charge in [-0.2, -0.15) is 0 Å². The minimum atomic E-state index is 0. The lowest BCUT2D eigenvalue weighted by molar-refractivity contribution is -0.117. The van der Waals surface area contributed by atoms with Gasteiger partial charge in [-0.15, -0.1) is 24.8 Å². The maximum Gasteiger partial charge on any atom is 0.225 e. The van der Waals surface area contributed by atoms with Gasteiger partial charge < -0.3 is 10.6 Å². The van der Waals surface area contributed by atoms with Gasteiger partial charge >= 0.3 is 0 Å². The van der Waals surface area contributed by atoms with Crippen molar-refractivity contribution in [2.24, 2.45) is 5.92 Å². The summed E-state index contributed by atoms with van der Waals surface area (Å²) in [5, 5.41) is 6.09. The van der Waals surface area contributed by atoms with Crippen molar-refractivity contribution >= 4 is 36.5 Å². The third-order valence-corrected chi connectivity index (χ3v) is 2.82. The highest BCUT2D eigenvalue weighted by Gasteiger charge is 2.18.